The van der Waals surface area contributed by atoms with Gasteiger partial charge in [-0.05, 0) is 19.3 Å². The summed E-state index contributed by atoms with van der Waals surface area (Å²) >= 11 is 0. The molecule has 1 amide bonds. The van der Waals surface area contributed by atoms with Gasteiger partial charge in [0.2, 0.25) is 5.91 Å². The Hall–Kier alpha value is -0.650. The van der Waals surface area contributed by atoms with Gasteiger partial charge in [0.15, 0.2) is 0 Å². The zero-order valence-electron chi connectivity index (χ0n) is 13.0. The molecule has 1 fully saturated rings. The molecule has 0 aliphatic carbocycles. The maximum absolute atomic E-state index is 11.9. The monoisotopic (exact) mass is 271 g/mol. The molecule has 1 saturated heterocycles. The highest BCUT2D eigenvalue weighted by atomic mass is 16.5. The Labute approximate surface area is 116 Å². The van der Waals surface area contributed by atoms with Crippen molar-refractivity contribution in [3.05, 3.63) is 0 Å². The number of carbonyl (C=O) groups is 1. The number of nitrogens with zero attached hydrogens (tertiary/aromatic N) is 1. The molecule has 1 rings (SSSR count). The molecular weight excluding hydrogens is 242 g/mol. The third-order valence-electron chi connectivity index (χ3n) is 3.45. The van der Waals surface area contributed by atoms with Crippen LogP contribution >= 0.6 is 0 Å². The van der Waals surface area contributed by atoms with Crippen molar-refractivity contribution in [1.29, 1.82) is 0 Å². The van der Waals surface area contributed by atoms with Gasteiger partial charge in [-0.25, -0.2) is 0 Å². The van der Waals surface area contributed by atoms with Gasteiger partial charge in [-0.15, -0.1) is 0 Å². The fourth-order valence-electron chi connectivity index (χ4n) is 2.15. The molecular formula is C14H29N3O2. The van der Waals surface area contributed by atoms with Crippen LogP contribution in [0.3, 0.4) is 0 Å². The van der Waals surface area contributed by atoms with E-state index in [1.807, 2.05) is 20.8 Å². The highest BCUT2D eigenvalue weighted by Crippen LogP contribution is 2.17. The van der Waals surface area contributed by atoms with Crippen LogP contribution in [0.5, 0.6) is 0 Å². The van der Waals surface area contributed by atoms with Crippen LogP contribution in [-0.2, 0) is 9.53 Å². The molecule has 112 valence electrons. The average molecular weight is 271 g/mol. The number of amides is 1. The number of morpholine rings is 1. The predicted molar refractivity (Wildman–Crippen MR) is 76.9 cm³/mol. The van der Waals surface area contributed by atoms with Crippen LogP contribution in [-0.4, -0.2) is 55.2 Å². The minimum Gasteiger partial charge on any atom is -0.373 e. The number of nitrogens with two attached hydrogens (primary N) is 1. The molecule has 5 nitrogen and oxygen atoms in total. The Morgan fingerprint density at radius 1 is 1.47 bits per heavy atom. The smallest absolute Gasteiger partial charge is 0.237 e. The van der Waals surface area contributed by atoms with E-state index in [9.17, 15) is 4.79 Å². The minimum atomic E-state index is -0.464. The Morgan fingerprint density at radius 3 is 2.63 bits per heavy atom. The van der Waals surface area contributed by atoms with Gasteiger partial charge in [0.05, 0.1) is 18.2 Å². The van der Waals surface area contributed by atoms with E-state index >= 15 is 0 Å². The number of hydrogen-bond donors (Lipinski definition) is 2. The molecule has 0 aromatic rings. The van der Waals surface area contributed by atoms with Crippen molar-refractivity contribution in [2.24, 2.45) is 11.1 Å². The van der Waals surface area contributed by atoms with Crippen molar-refractivity contribution in [3.63, 3.8) is 0 Å². The first-order chi connectivity index (χ1) is 8.62. The van der Waals surface area contributed by atoms with E-state index in [0.717, 1.165) is 26.2 Å². The average Bonchev–Trinajstić information content (AvgIpc) is 2.25. The molecule has 0 bridgehead atoms. The minimum absolute atomic E-state index is 0.0694. The molecule has 5 heteroatoms. The summed E-state index contributed by atoms with van der Waals surface area (Å²) in [5, 5.41) is 2.92. The summed E-state index contributed by atoms with van der Waals surface area (Å²) in [6.07, 6.45) is 0. The largest absolute Gasteiger partial charge is 0.373 e. The van der Waals surface area contributed by atoms with Crippen LogP contribution in [0, 0.1) is 5.41 Å². The fraction of sp³-hybridized carbons (Fsp3) is 0.929. The molecule has 0 spiro atoms. The SMILES string of the molecule is CC1(C)CN(CCNC(=O)[C@@H](N)C(C)(C)C)CCO1. The Kier molecular flexibility index (Phi) is 5.35. The molecule has 1 heterocycles. The van der Waals surface area contributed by atoms with Crippen molar-refractivity contribution in [2.75, 3.05) is 32.8 Å². The van der Waals surface area contributed by atoms with Crippen LogP contribution in [0.4, 0.5) is 0 Å². The number of ether oxygens (including phenoxy) is 1. The number of carbonyl (C=O) groups excluding carboxylic acids is 1. The third kappa shape index (κ3) is 5.47. The molecule has 1 atom stereocenters. The van der Waals surface area contributed by atoms with E-state index in [2.05, 4.69) is 24.1 Å². The van der Waals surface area contributed by atoms with Crippen LogP contribution in [0.2, 0.25) is 0 Å². The topological polar surface area (TPSA) is 67.6 Å². The van der Waals surface area contributed by atoms with Gasteiger partial charge in [0, 0.05) is 26.2 Å². The summed E-state index contributed by atoms with van der Waals surface area (Å²) in [5.41, 5.74) is 5.61. The molecule has 0 aromatic carbocycles. The quantitative estimate of drug-likeness (QED) is 0.785. The van der Waals surface area contributed by atoms with Crippen molar-refractivity contribution in [1.82, 2.24) is 10.2 Å². The Bertz CT molecular complexity index is 310. The molecule has 1 aliphatic heterocycles. The highest BCUT2D eigenvalue weighted by molar-refractivity contribution is 5.82. The van der Waals surface area contributed by atoms with Crippen LogP contribution < -0.4 is 11.1 Å². The van der Waals surface area contributed by atoms with Gasteiger partial charge in [0.1, 0.15) is 0 Å². The molecule has 0 radical (unpaired) electrons. The number of nitrogens with one attached hydrogen (secondary N) is 1. The van der Waals surface area contributed by atoms with E-state index in [0.29, 0.717) is 6.54 Å². The summed E-state index contributed by atoms with van der Waals surface area (Å²) in [6, 6.07) is -0.464. The molecule has 19 heavy (non-hydrogen) atoms. The van der Waals surface area contributed by atoms with E-state index in [1.54, 1.807) is 0 Å². The van der Waals surface area contributed by atoms with Crippen molar-refractivity contribution in [2.45, 2.75) is 46.3 Å². The Balaban J connectivity index is 2.29. The van der Waals surface area contributed by atoms with Crippen LogP contribution in [0.1, 0.15) is 34.6 Å². The molecule has 0 saturated carbocycles. The van der Waals surface area contributed by atoms with E-state index < -0.39 is 6.04 Å². The second-order valence-electron chi connectivity index (χ2n) is 7.02. The fourth-order valence-corrected chi connectivity index (χ4v) is 2.15. The van der Waals surface area contributed by atoms with E-state index in [4.69, 9.17) is 10.5 Å². The first-order valence-corrected chi connectivity index (χ1v) is 7.01. The predicted octanol–water partition coefficient (Wildman–Crippen LogP) is 0.587. The summed E-state index contributed by atoms with van der Waals surface area (Å²) in [6.45, 7) is 14.2. The number of hydrogen-bond acceptors (Lipinski definition) is 4. The summed E-state index contributed by atoms with van der Waals surface area (Å²) in [7, 11) is 0. The first kappa shape index (κ1) is 16.4. The van der Waals surface area contributed by atoms with E-state index in [1.165, 1.54) is 0 Å². The van der Waals surface area contributed by atoms with Gasteiger partial charge in [-0.2, -0.15) is 0 Å². The molecule has 0 unspecified atom stereocenters. The van der Waals surface area contributed by atoms with Crippen molar-refractivity contribution >= 4 is 5.91 Å². The Morgan fingerprint density at radius 2 is 2.11 bits per heavy atom. The molecule has 3 N–H and O–H groups in total. The summed E-state index contributed by atoms with van der Waals surface area (Å²) in [4.78, 5) is 14.2. The second-order valence-corrected chi connectivity index (χ2v) is 7.02. The number of rotatable bonds is 4. The maximum Gasteiger partial charge on any atom is 0.237 e. The van der Waals surface area contributed by atoms with Gasteiger partial charge in [-0.1, -0.05) is 20.8 Å². The lowest BCUT2D eigenvalue weighted by Gasteiger charge is -2.38. The molecule has 1 aliphatic rings. The van der Waals surface area contributed by atoms with Crippen LogP contribution in [0.25, 0.3) is 0 Å². The zero-order valence-corrected chi connectivity index (χ0v) is 13.0. The first-order valence-electron chi connectivity index (χ1n) is 7.01. The van der Waals surface area contributed by atoms with Gasteiger partial charge in [0.25, 0.3) is 0 Å². The maximum atomic E-state index is 11.9. The van der Waals surface area contributed by atoms with Gasteiger partial charge < -0.3 is 15.8 Å². The zero-order chi connectivity index (χ0) is 14.7. The lowest BCUT2D eigenvalue weighted by molar-refractivity contribution is -0.124. The second kappa shape index (κ2) is 6.20. The van der Waals surface area contributed by atoms with Crippen LogP contribution in [0.15, 0.2) is 0 Å². The normalized spacial score (nSPS) is 22.0. The lowest BCUT2D eigenvalue weighted by atomic mass is 9.87. The van der Waals surface area contributed by atoms with Crippen molar-refractivity contribution in [3.8, 4) is 0 Å². The summed E-state index contributed by atoms with van der Waals surface area (Å²) < 4.78 is 5.66. The standard InChI is InChI=1S/C14H29N3O2/c1-13(2,3)11(15)12(18)16-6-7-17-8-9-19-14(4,5)10-17/h11H,6-10,15H2,1-5H3,(H,16,18)/t11-/m1/s1. The van der Waals surface area contributed by atoms with Gasteiger partial charge >= 0.3 is 0 Å². The summed E-state index contributed by atoms with van der Waals surface area (Å²) in [5.74, 6) is -0.0694. The molecule has 0 aromatic heterocycles. The lowest BCUT2D eigenvalue weighted by Crippen LogP contribution is -2.52. The highest BCUT2D eigenvalue weighted by Gasteiger charge is 2.28. The third-order valence-corrected chi connectivity index (χ3v) is 3.45. The van der Waals surface area contributed by atoms with E-state index in [-0.39, 0.29) is 16.9 Å². The van der Waals surface area contributed by atoms with Gasteiger partial charge in [-0.3, -0.25) is 9.69 Å². The van der Waals surface area contributed by atoms with Crippen molar-refractivity contribution < 1.29 is 9.53 Å².